The van der Waals surface area contributed by atoms with Gasteiger partial charge in [-0.15, -0.1) is 0 Å². The lowest BCUT2D eigenvalue weighted by Crippen LogP contribution is -2.76. The van der Waals surface area contributed by atoms with Gasteiger partial charge in [-0.25, -0.2) is 9.59 Å². The van der Waals surface area contributed by atoms with Crippen LogP contribution in [-0.2, 0) is 19.1 Å². The highest BCUT2D eigenvalue weighted by atomic mass is 16.6. The molecule has 48 heavy (non-hydrogen) atoms. The smallest absolute Gasteiger partial charge is 0.333 e. The fourth-order valence-corrected chi connectivity index (χ4v) is 12.1. The Bertz CT molecular complexity index is 1400. The van der Waals surface area contributed by atoms with Crippen molar-refractivity contribution >= 4 is 11.9 Å². The number of aliphatic hydroxyl groups excluding tert-OH is 3. The van der Waals surface area contributed by atoms with Crippen LogP contribution in [0.1, 0.15) is 122 Å². The average Bonchev–Trinajstić information content (AvgIpc) is 3.03. The topological polar surface area (TPSA) is 113 Å². The predicted octanol–water partition coefficient (Wildman–Crippen LogP) is 7.33. The number of aliphatic hydroxyl groups is 3. The molecule has 0 saturated heterocycles. The lowest BCUT2D eigenvalue weighted by Gasteiger charge is -2.73. The van der Waals surface area contributed by atoms with Crippen LogP contribution >= 0.6 is 0 Å². The summed E-state index contributed by atoms with van der Waals surface area (Å²) in [6.07, 6.45) is 6.48. The second-order valence-electron chi connectivity index (χ2n) is 18.4. The number of hydrogen-bond donors (Lipinski definition) is 3. The zero-order valence-electron chi connectivity index (χ0n) is 31.8. The molecule has 0 spiro atoms. The van der Waals surface area contributed by atoms with Crippen molar-refractivity contribution in [3.8, 4) is 0 Å². The molecule has 4 saturated carbocycles. The van der Waals surface area contributed by atoms with Gasteiger partial charge in [-0.2, -0.15) is 0 Å². The molecule has 0 bridgehead atoms. The first-order valence-corrected chi connectivity index (χ1v) is 18.5. The van der Waals surface area contributed by atoms with Gasteiger partial charge in [-0.05, 0) is 106 Å². The second kappa shape index (κ2) is 12.1. The normalized spacial score (nSPS) is 46.6. The van der Waals surface area contributed by atoms with E-state index < -0.39 is 65.1 Å². The summed E-state index contributed by atoms with van der Waals surface area (Å²) in [6, 6.07) is 0. The maximum absolute atomic E-state index is 13.5. The van der Waals surface area contributed by atoms with Gasteiger partial charge in [0.25, 0.3) is 0 Å². The maximum Gasteiger partial charge on any atom is 0.333 e. The Morgan fingerprint density at radius 2 is 1.42 bits per heavy atom. The van der Waals surface area contributed by atoms with Gasteiger partial charge in [-0.1, -0.05) is 79.2 Å². The fourth-order valence-electron chi connectivity index (χ4n) is 12.1. The van der Waals surface area contributed by atoms with Gasteiger partial charge in [0, 0.05) is 22.0 Å². The van der Waals surface area contributed by atoms with Gasteiger partial charge in [0.1, 0.15) is 6.10 Å². The number of hydrogen-bond acceptors (Lipinski definition) is 7. The third kappa shape index (κ3) is 4.82. The molecule has 0 radical (unpaired) electrons. The van der Waals surface area contributed by atoms with Crippen LogP contribution in [0.25, 0.3) is 0 Å². The average molecular weight is 669 g/mol. The Morgan fingerprint density at radius 1 is 0.854 bits per heavy atom. The third-order valence-electron chi connectivity index (χ3n) is 16.0. The largest absolute Gasteiger partial charge is 0.454 e. The molecular weight excluding hydrogens is 604 g/mol. The summed E-state index contributed by atoms with van der Waals surface area (Å²) in [5.41, 5.74) is -1.16. The molecule has 12 atom stereocenters. The van der Waals surface area contributed by atoms with Crippen LogP contribution in [-0.4, -0.2) is 58.3 Å². The van der Waals surface area contributed by atoms with Crippen molar-refractivity contribution in [1.82, 2.24) is 0 Å². The molecule has 7 heteroatoms. The molecule has 5 aliphatic carbocycles. The molecule has 4 fully saturated rings. The molecule has 0 aliphatic heterocycles. The Kier molecular flexibility index (Phi) is 9.39. The summed E-state index contributed by atoms with van der Waals surface area (Å²) in [4.78, 5) is 26.9. The van der Waals surface area contributed by atoms with E-state index in [-0.39, 0.29) is 16.2 Å². The Balaban J connectivity index is 1.69. The molecule has 0 aromatic carbocycles. The first-order valence-electron chi connectivity index (χ1n) is 18.5. The molecule has 0 aromatic heterocycles. The minimum Gasteiger partial charge on any atom is -0.454 e. The van der Waals surface area contributed by atoms with Crippen LogP contribution in [0.2, 0.25) is 0 Å². The van der Waals surface area contributed by atoms with Crippen LogP contribution in [0, 0.1) is 56.2 Å². The number of carbonyl (C=O) groups excluding carboxylic acids is 2. The van der Waals surface area contributed by atoms with Crippen LogP contribution in [0.5, 0.6) is 0 Å². The maximum atomic E-state index is 13.5. The van der Waals surface area contributed by atoms with Crippen molar-refractivity contribution in [3.05, 3.63) is 34.9 Å². The van der Waals surface area contributed by atoms with Gasteiger partial charge >= 0.3 is 11.9 Å². The van der Waals surface area contributed by atoms with E-state index in [2.05, 4.69) is 47.6 Å². The summed E-state index contributed by atoms with van der Waals surface area (Å²) in [6.45, 7) is 24.6. The summed E-state index contributed by atoms with van der Waals surface area (Å²) in [7, 11) is 0. The van der Waals surface area contributed by atoms with Crippen molar-refractivity contribution in [3.63, 3.8) is 0 Å². The monoisotopic (exact) mass is 668 g/mol. The quantitative estimate of drug-likeness (QED) is 0.160. The molecule has 0 amide bonds. The lowest BCUT2D eigenvalue weighted by atomic mass is 9.32. The van der Waals surface area contributed by atoms with Crippen LogP contribution in [0.4, 0.5) is 0 Å². The number of rotatable bonds is 5. The minimum atomic E-state index is -1.49. The first-order chi connectivity index (χ1) is 22.2. The summed E-state index contributed by atoms with van der Waals surface area (Å²) in [5.74, 6) is -0.0390. The number of carbonyl (C=O) groups is 2. The summed E-state index contributed by atoms with van der Waals surface area (Å²) in [5, 5.41) is 36.8. The molecule has 5 rings (SSSR count). The summed E-state index contributed by atoms with van der Waals surface area (Å²) >= 11 is 0. The van der Waals surface area contributed by atoms with Gasteiger partial charge in [0.15, 0.2) is 6.10 Å². The standard InChI is InChI=1S/C41H64O7/c1-13-23(3)34(45)47-32-33(48-35(46)24(4)14-2)41(22-42)27(21-36(32,6)7)26-15-16-29-38(10)19-17-25(5)37(8,9)28(38)18-20-39(29,11)40(26,12)30(43)31(41)44/h13-15,25,27-33,42-44H,16-22H2,1-12H3/t25-,27?,28?,29?,30-,31+,32-,33+,38-,39+,40-,41-/m0/s1. The summed E-state index contributed by atoms with van der Waals surface area (Å²) < 4.78 is 12.5. The van der Waals surface area contributed by atoms with E-state index in [4.69, 9.17) is 9.47 Å². The molecule has 3 unspecified atom stereocenters. The van der Waals surface area contributed by atoms with Crippen LogP contribution in [0.3, 0.4) is 0 Å². The van der Waals surface area contributed by atoms with E-state index in [1.54, 1.807) is 39.8 Å². The van der Waals surface area contributed by atoms with E-state index in [9.17, 15) is 24.9 Å². The van der Waals surface area contributed by atoms with Crippen LogP contribution in [0.15, 0.2) is 34.9 Å². The van der Waals surface area contributed by atoms with E-state index in [0.717, 1.165) is 31.3 Å². The molecule has 3 N–H and O–H groups in total. The number of esters is 2. The minimum absolute atomic E-state index is 0.0854. The highest BCUT2D eigenvalue weighted by Crippen LogP contribution is 2.76. The lowest BCUT2D eigenvalue weighted by molar-refractivity contribution is -0.291. The van der Waals surface area contributed by atoms with E-state index in [1.165, 1.54) is 6.42 Å². The highest BCUT2D eigenvalue weighted by molar-refractivity contribution is 5.88. The van der Waals surface area contributed by atoms with E-state index in [0.29, 0.717) is 35.3 Å². The molecule has 270 valence electrons. The zero-order valence-corrected chi connectivity index (χ0v) is 31.8. The van der Waals surface area contributed by atoms with Crippen molar-refractivity contribution in [2.75, 3.05) is 6.61 Å². The molecule has 0 heterocycles. The number of fused-ring (bicyclic) bond motifs is 7. The third-order valence-corrected chi connectivity index (χ3v) is 16.0. The van der Waals surface area contributed by atoms with Crippen molar-refractivity contribution in [2.45, 2.75) is 146 Å². The zero-order chi connectivity index (χ0) is 36.0. The predicted molar refractivity (Wildman–Crippen MR) is 187 cm³/mol. The van der Waals surface area contributed by atoms with E-state index in [1.807, 2.05) is 13.8 Å². The second-order valence-corrected chi connectivity index (χ2v) is 18.4. The van der Waals surface area contributed by atoms with Crippen molar-refractivity contribution in [1.29, 1.82) is 0 Å². The van der Waals surface area contributed by atoms with Gasteiger partial charge in [-0.3, -0.25) is 0 Å². The molecule has 0 aromatic rings. The number of allylic oxidation sites excluding steroid dienone is 3. The van der Waals surface area contributed by atoms with Gasteiger partial charge in [0.2, 0.25) is 0 Å². The van der Waals surface area contributed by atoms with E-state index >= 15 is 0 Å². The van der Waals surface area contributed by atoms with Gasteiger partial charge in [0.05, 0.1) is 24.2 Å². The first kappa shape index (κ1) is 37.3. The Morgan fingerprint density at radius 3 is 1.96 bits per heavy atom. The Hall–Kier alpha value is -1.96. The fraction of sp³-hybridized carbons (Fsp3) is 0.805. The van der Waals surface area contributed by atoms with Gasteiger partial charge < -0.3 is 24.8 Å². The van der Waals surface area contributed by atoms with Crippen LogP contribution < -0.4 is 0 Å². The highest BCUT2D eigenvalue weighted by Gasteiger charge is 2.76. The van der Waals surface area contributed by atoms with Crippen molar-refractivity contribution < 1.29 is 34.4 Å². The molecule has 5 aliphatic rings. The van der Waals surface area contributed by atoms with Crippen molar-refractivity contribution in [2.24, 2.45) is 56.2 Å². The Labute approximate surface area is 289 Å². The SMILES string of the molecule is CC=C(C)C(=O)O[C@@H]1[C@H](OC(=O)C(C)=CC)C(C)(C)CC2C3=CCC4[C@@]5(C)CC[C@H](C)C(C)(C)C5CC[C@@]4(C)[C@]3(C)[C@@H](O)[C@@H](O)[C@]21CO. The molecule has 7 nitrogen and oxygen atoms in total. The number of ether oxygens (including phenoxy) is 2. The molecular formula is C41H64O7.